The number of aliphatic imine (C=N–C) groups is 1. The molecule has 2 aromatic rings. The monoisotopic (exact) mass is 482 g/mol. The molecule has 3 aliphatic heterocycles. The van der Waals surface area contributed by atoms with E-state index in [-0.39, 0.29) is 56.5 Å². The van der Waals surface area contributed by atoms with Crippen LogP contribution in [-0.2, 0) is 10.3 Å². The maximum atomic E-state index is 15.1. The molecule has 1 atom stereocenters. The largest absolute Gasteiger partial charge is 0.452 e. The molecule has 10 heteroatoms. The van der Waals surface area contributed by atoms with Crippen LogP contribution in [0.3, 0.4) is 0 Å². The summed E-state index contributed by atoms with van der Waals surface area (Å²) in [4.78, 5) is 10.3. The lowest BCUT2D eigenvalue weighted by atomic mass is 9.81. The van der Waals surface area contributed by atoms with E-state index in [0.29, 0.717) is 16.9 Å². The molecule has 1 saturated heterocycles. The van der Waals surface area contributed by atoms with E-state index in [1.807, 2.05) is 6.07 Å². The van der Waals surface area contributed by atoms with Gasteiger partial charge in [-0.3, -0.25) is 4.99 Å². The number of pyridine rings is 1. The lowest BCUT2D eigenvalue weighted by molar-refractivity contribution is -0.0221. The molecule has 4 heterocycles. The fraction of sp³-hybridized carbons (Fsp3) is 0.400. The van der Waals surface area contributed by atoms with Crippen LogP contribution >= 0.6 is 15.9 Å². The van der Waals surface area contributed by atoms with Crippen molar-refractivity contribution in [1.82, 2.24) is 4.98 Å². The van der Waals surface area contributed by atoms with Crippen LogP contribution in [0.15, 0.2) is 33.7 Å². The van der Waals surface area contributed by atoms with Gasteiger partial charge in [-0.05, 0) is 24.3 Å². The van der Waals surface area contributed by atoms with Crippen molar-refractivity contribution >= 4 is 27.6 Å². The molecule has 0 bridgehead atoms. The van der Waals surface area contributed by atoms with Gasteiger partial charge in [0, 0.05) is 41.5 Å². The van der Waals surface area contributed by atoms with Gasteiger partial charge in [0.05, 0.1) is 6.61 Å². The number of nitrogens with two attached hydrogens (primary N) is 1. The van der Waals surface area contributed by atoms with E-state index in [4.69, 9.17) is 15.2 Å². The summed E-state index contributed by atoms with van der Waals surface area (Å²) in [6, 6.07) is 6.98. The average molecular weight is 483 g/mol. The molecule has 30 heavy (non-hydrogen) atoms. The van der Waals surface area contributed by atoms with Crippen LogP contribution in [0, 0.1) is 5.95 Å². The lowest BCUT2D eigenvalue weighted by Crippen LogP contribution is -2.43. The van der Waals surface area contributed by atoms with Crippen LogP contribution in [0.5, 0.6) is 11.5 Å². The summed E-state index contributed by atoms with van der Waals surface area (Å²) in [6.45, 7) is 0.462. The predicted molar refractivity (Wildman–Crippen MR) is 108 cm³/mol. The molecular formula is C20H18BrF3N4O2. The zero-order chi connectivity index (χ0) is 21.1. The Bertz CT molecular complexity index is 1050. The number of amidine groups is 1. The summed E-state index contributed by atoms with van der Waals surface area (Å²) in [6.07, 6.45) is -0.613. The van der Waals surface area contributed by atoms with E-state index in [0.717, 1.165) is 4.47 Å². The maximum Gasteiger partial charge on any atom is 0.258 e. The average Bonchev–Trinajstić information content (AvgIpc) is 2.69. The Balaban J connectivity index is 1.67. The second kappa shape index (κ2) is 6.84. The Morgan fingerprint density at radius 3 is 2.63 bits per heavy atom. The number of benzene rings is 1. The third-order valence-electron chi connectivity index (χ3n) is 5.68. The lowest BCUT2D eigenvalue weighted by Gasteiger charge is -2.40. The third-order valence-corrected chi connectivity index (χ3v) is 6.17. The summed E-state index contributed by atoms with van der Waals surface area (Å²) in [5, 5.41) is 0. The number of ether oxygens (including phenoxy) is 2. The van der Waals surface area contributed by atoms with Gasteiger partial charge in [0.1, 0.15) is 29.5 Å². The summed E-state index contributed by atoms with van der Waals surface area (Å²) >= 11 is 3.46. The molecule has 0 unspecified atom stereocenters. The number of hydrogen-bond donors (Lipinski definition) is 1. The first-order valence-electron chi connectivity index (χ1n) is 9.51. The number of rotatable bonds is 1. The molecule has 3 aliphatic rings. The minimum Gasteiger partial charge on any atom is -0.452 e. The van der Waals surface area contributed by atoms with Gasteiger partial charge in [-0.2, -0.15) is 9.37 Å². The fourth-order valence-corrected chi connectivity index (χ4v) is 4.54. The molecular weight excluding hydrogens is 465 g/mol. The van der Waals surface area contributed by atoms with Gasteiger partial charge < -0.3 is 20.1 Å². The first-order chi connectivity index (χ1) is 14.3. The van der Waals surface area contributed by atoms with E-state index >= 15 is 4.39 Å². The normalized spacial score (nSPS) is 24.7. The van der Waals surface area contributed by atoms with Crippen LogP contribution in [-0.4, -0.2) is 43.0 Å². The second-order valence-corrected chi connectivity index (χ2v) is 8.61. The van der Waals surface area contributed by atoms with Gasteiger partial charge in [0.15, 0.2) is 5.75 Å². The molecule has 5 rings (SSSR count). The van der Waals surface area contributed by atoms with Gasteiger partial charge in [0.2, 0.25) is 0 Å². The molecule has 158 valence electrons. The summed E-state index contributed by atoms with van der Waals surface area (Å²) in [7, 11) is 0. The molecule has 1 aromatic carbocycles. The third kappa shape index (κ3) is 3.13. The Hall–Kier alpha value is -2.33. The first kappa shape index (κ1) is 19.6. The van der Waals surface area contributed by atoms with E-state index in [9.17, 15) is 8.78 Å². The van der Waals surface area contributed by atoms with Crippen LogP contribution in [0.1, 0.15) is 24.0 Å². The summed E-state index contributed by atoms with van der Waals surface area (Å²) in [5.74, 6) is -2.63. The summed E-state index contributed by atoms with van der Waals surface area (Å²) < 4.78 is 54.6. The highest BCUT2D eigenvalue weighted by Crippen LogP contribution is 2.52. The van der Waals surface area contributed by atoms with Gasteiger partial charge in [-0.25, -0.2) is 8.78 Å². The highest BCUT2D eigenvalue weighted by Gasteiger charge is 2.47. The second-order valence-electron chi connectivity index (χ2n) is 7.69. The standard InChI is InChI=1S/C20H18BrF3N4O2/c21-11-1-2-14-12(7-11)20(10-29-9-15(25)27-20)13-8-16(26-18(22)17(13)30-14)28-5-3-19(23,24)4-6-28/h1-2,7-8H,3-6,9-10H2,(H2,25,27)/t20-/m0/s1. The smallest absolute Gasteiger partial charge is 0.258 e. The van der Waals surface area contributed by atoms with Crippen LogP contribution in [0.25, 0.3) is 0 Å². The van der Waals surface area contributed by atoms with Crippen molar-refractivity contribution in [2.75, 3.05) is 31.2 Å². The van der Waals surface area contributed by atoms with Crippen molar-refractivity contribution < 1.29 is 22.6 Å². The number of fused-ring (bicyclic) bond motifs is 4. The van der Waals surface area contributed by atoms with E-state index in [1.54, 1.807) is 23.1 Å². The van der Waals surface area contributed by atoms with Crippen LogP contribution in [0.2, 0.25) is 0 Å². The Morgan fingerprint density at radius 2 is 1.90 bits per heavy atom. The van der Waals surface area contributed by atoms with Gasteiger partial charge in [0.25, 0.3) is 11.9 Å². The molecule has 0 radical (unpaired) electrons. The zero-order valence-electron chi connectivity index (χ0n) is 15.8. The highest BCUT2D eigenvalue weighted by atomic mass is 79.9. The van der Waals surface area contributed by atoms with Crippen molar-refractivity contribution in [2.24, 2.45) is 10.7 Å². The Labute approximate surface area is 179 Å². The first-order valence-corrected chi connectivity index (χ1v) is 10.3. The molecule has 1 fully saturated rings. The minimum absolute atomic E-state index is 0.0574. The molecule has 0 amide bonds. The number of hydrogen-bond acceptors (Lipinski definition) is 6. The highest BCUT2D eigenvalue weighted by molar-refractivity contribution is 9.10. The molecule has 0 aliphatic carbocycles. The van der Waals surface area contributed by atoms with Crippen molar-refractivity contribution in [3.8, 4) is 11.5 Å². The number of aromatic nitrogens is 1. The van der Waals surface area contributed by atoms with Crippen molar-refractivity contribution in [2.45, 2.75) is 24.3 Å². The van der Waals surface area contributed by atoms with Crippen molar-refractivity contribution in [1.29, 1.82) is 0 Å². The van der Waals surface area contributed by atoms with E-state index in [1.165, 1.54) is 0 Å². The maximum absolute atomic E-state index is 15.1. The molecule has 1 spiro atoms. The zero-order valence-corrected chi connectivity index (χ0v) is 17.4. The predicted octanol–water partition coefficient (Wildman–Crippen LogP) is 3.96. The van der Waals surface area contributed by atoms with Crippen LogP contribution < -0.4 is 15.4 Å². The quantitative estimate of drug-likeness (QED) is 0.622. The number of halogens is 4. The van der Waals surface area contributed by atoms with Crippen molar-refractivity contribution in [3.63, 3.8) is 0 Å². The summed E-state index contributed by atoms with van der Waals surface area (Å²) in [5.41, 5.74) is 5.98. The van der Waals surface area contributed by atoms with Gasteiger partial charge >= 0.3 is 0 Å². The van der Waals surface area contributed by atoms with E-state index in [2.05, 4.69) is 25.9 Å². The molecule has 0 saturated carbocycles. The SMILES string of the molecule is NC1=N[C@@]2(COC1)c1cc(Br)ccc1Oc1c2cc(N2CCC(F)(F)CC2)nc1F. The molecule has 1 aromatic heterocycles. The number of nitrogens with zero attached hydrogens (tertiary/aromatic N) is 3. The van der Waals surface area contributed by atoms with Crippen LogP contribution in [0.4, 0.5) is 19.0 Å². The molecule has 2 N–H and O–H groups in total. The topological polar surface area (TPSA) is 73.0 Å². The Morgan fingerprint density at radius 1 is 1.13 bits per heavy atom. The van der Waals surface area contributed by atoms with E-state index < -0.39 is 17.4 Å². The fourth-order valence-electron chi connectivity index (χ4n) is 4.18. The molecule has 6 nitrogen and oxygen atoms in total. The number of alkyl halides is 2. The number of piperidine rings is 1. The van der Waals surface area contributed by atoms with Gasteiger partial charge in [-0.15, -0.1) is 0 Å². The van der Waals surface area contributed by atoms with Crippen molar-refractivity contribution in [3.05, 3.63) is 45.8 Å². The van der Waals surface area contributed by atoms with Gasteiger partial charge in [-0.1, -0.05) is 15.9 Å². The number of anilines is 1. The Kier molecular flexibility index (Phi) is 4.48. The minimum atomic E-state index is -2.71.